The van der Waals surface area contributed by atoms with E-state index in [1.165, 1.54) is 83.5 Å². The summed E-state index contributed by atoms with van der Waals surface area (Å²) in [5.41, 5.74) is 22.1. The van der Waals surface area contributed by atoms with Crippen molar-refractivity contribution in [1.29, 1.82) is 0 Å². The summed E-state index contributed by atoms with van der Waals surface area (Å²) < 4.78 is 0. The fraction of sp³-hybridized carbons (Fsp3) is 0.0741. The van der Waals surface area contributed by atoms with Crippen LogP contribution in [-0.2, 0) is 5.41 Å². The smallest absolute Gasteiger partial charge is 0.0726 e. The SMILES string of the molecule is C/C=C(\C)c1ccc(N(c2cc(-c3ccccc3)cc(-c3ccccc3)c2)c2ccc3c(c2)C2(c4ccccc4-c4ccccc42)c2ccccc2-3)c(C)c1. The predicted molar refractivity (Wildman–Crippen MR) is 232 cm³/mol. The van der Waals surface area contributed by atoms with E-state index in [1.807, 2.05) is 0 Å². The van der Waals surface area contributed by atoms with Crippen LogP contribution in [0.4, 0.5) is 17.1 Å². The molecule has 2 aliphatic rings. The number of anilines is 3. The number of hydrogen-bond acceptors (Lipinski definition) is 1. The van der Waals surface area contributed by atoms with Gasteiger partial charge in [-0.25, -0.2) is 0 Å². The second-order valence-corrected chi connectivity index (χ2v) is 14.9. The Labute approximate surface area is 324 Å². The van der Waals surface area contributed by atoms with Crippen LogP contribution in [0.15, 0.2) is 194 Å². The van der Waals surface area contributed by atoms with Crippen LogP contribution in [0.5, 0.6) is 0 Å². The number of fused-ring (bicyclic) bond motifs is 10. The summed E-state index contributed by atoms with van der Waals surface area (Å²) in [5.74, 6) is 0. The van der Waals surface area contributed by atoms with Gasteiger partial charge in [-0.3, -0.25) is 0 Å². The summed E-state index contributed by atoms with van der Waals surface area (Å²) >= 11 is 0. The third-order valence-electron chi connectivity index (χ3n) is 12.0. The van der Waals surface area contributed by atoms with Gasteiger partial charge in [0.2, 0.25) is 0 Å². The van der Waals surface area contributed by atoms with Gasteiger partial charge in [0.15, 0.2) is 0 Å². The van der Waals surface area contributed by atoms with E-state index in [9.17, 15) is 0 Å². The van der Waals surface area contributed by atoms with E-state index in [0.717, 1.165) is 17.1 Å². The van der Waals surface area contributed by atoms with Crippen LogP contribution in [0, 0.1) is 6.92 Å². The van der Waals surface area contributed by atoms with Crippen molar-refractivity contribution in [3.05, 3.63) is 228 Å². The van der Waals surface area contributed by atoms with E-state index in [-0.39, 0.29) is 0 Å². The highest BCUT2D eigenvalue weighted by molar-refractivity contribution is 5.97. The molecule has 55 heavy (non-hydrogen) atoms. The lowest BCUT2D eigenvalue weighted by Gasteiger charge is -2.33. The van der Waals surface area contributed by atoms with Gasteiger partial charge >= 0.3 is 0 Å². The molecule has 1 heteroatoms. The lowest BCUT2D eigenvalue weighted by molar-refractivity contribution is 0.793. The Kier molecular flexibility index (Phi) is 7.78. The van der Waals surface area contributed by atoms with Gasteiger partial charge in [-0.1, -0.05) is 152 Å². The quantitative estimate of drug-likeness (QED) is 0.167. The van der Waals surface area contributed by atoms with E-state index in [2.05, 4.69) is 220 Å². The summed E-state index contributed by atoms with van der Waals surface area (Å²) in [6.45, 7) is 6.56. The number of allylic oxidation sites excluding steroid dienone is 2. The maximum absolute atomic E-state index is 2.50. The summed E-state index contributed by atoms with van der Waals surface area (Å²) in [6.07, 6.45) is 2.19. The zero-order chi connectivity index (χ0) is 37.1. The van der Waals surface area contributed by atoms with E-state index in [4.69, 9.17) is 0 Å². The molecule has 8 aromatic rings. The fourth-order valence-corrected chi connectivity index (χ4v) is 9.30. The summed E-state index contributed by atoms with van der Waals surface area (Å²) in [5, 5.41) is 0. The second kappa shape index (κ2) is 13.0. The van der Waals surface area contributed by atoms with Gasteiger partial charge in [-0.15, -0.1) is 0 Å². The summed E-state index contributed by atoms with van der Waals surface area (Å²) in [4.78, 5) is 2.49. The first-order chi connectivity index (χ1) is 27.1. The Morgan fingerprint density at radius 3 is 1.44 bits per heavy atom. The van der Waals surface area contributed by atoms with Gasteiger partial charge in [-0.2, -0.15) is 0 Å². The first-order valence-electron chi connectivity index (χ1n) is 19.3. The molecular weight excluding hydrogens is 663 g/mol. The number of nitrogens with zero attached hydrogens (tertiary/aromatic N) is 1. The van der Waals surface area contributed by atoms with E-state index in [1.54, 1.807) is 0 Å². The maximum Gasteiger partial charge on any atom is 0.0726 e. The van der Waals surface area contributed by atoms with Crippen molar-refractivity contribution >= 4 is 22.6 Å². The van der Waals surface area contributed by atoms with Crippen LogP contribution in [0.2, 0.25) is 0 Å². The monoisotopic (exact) mass is 703 g/mol. The van der Waals surface area contributed by atoms with Gasteiger partial charge in [0.25, 0.3) is 0 Å². The molecule has 262 valence electrons. The van der Waals surface area contributed by atoms with E-state index in [0.29, 0.717) is 0 Å². The Hall–Kier alpha value is -6.70. The number of benzene rings is 8. The highest BCUT2D eigenvalue weighted by Gasteiger charge is 2.51. The average molecular weight is 704 g/mol. The minimum atomic E-state index is -0.427. The normalized spacial score (nSPS) is 13.3. The van der Waals surface area contributed by atoms with Crippen LogP contribution in [0.25, 0.3) is 50.1 Å². The van der Waals surface area contributed by atoms with Gasteiger partial charge < -0.3 is 4.90 Å². The van der Waals surface area contributed by atoms with Crippen LogP contribution in [0.3, 0.4) is 0 Å². The Morgan fingerprint density at radius 2 is 0.927 bits per heavy atom. The molecule has 0 saturated carbocycles. The molecule has 1 spiro atoms. The average Bonchev–Trinajstić information content (AvgIpc) is 3.72. The zero-order valence-electron chi connectivity index (χ0n) is 31.4. The first-order valence-corrected chi connectivity index (χ1v) is 19.3. The molecule has 0 fully saturated rings. The largest absolute Gasteiger partial charge is 0.310 e. The number of aryl methyl sites for hydroxylation is 1. The van der Waals surface area contributed by atoms with Gasteiger partial charge in [0.05, 0.1) is 5.41 Å². The molecule has 1 nitrogen and oxygen atoms in total. The van der Waals surface area contributed by atoms with Crippen molar-refractivity contribution in [3.63, 3.8) is 0 Å². The molecule has 0 radical (unpaired) electrons. The molecule has 0 aromatic heterocycles. The zero-order valence-corrected chi connectivity index (χ0v) is 31.4. The molecule has 0 atom stereocenters. The molecule has 10 rings (SSSR count). The topological polar surface area (TPSA) is 3.24 Å². The predicted octanol–water partition coefficient (Wildman–Crippen LogP) is 14.6. The fourth-order valence-electron chi connectivity index (χ4n) is 9.30. The molecule has 0 aliphatic heterocycles. The summed E-state index contributed by atoms with van der Waals surface area (Å²) in [7, 11) is 0. The highest BCUT2D eigenvalue weighted by Crippen LogP contribution is 2.63. The Balaban J connectivity index is 1.27. The Morgan fingerprint density at radius 1 is 0.436 bits per heavy atom. The molecule has 0 saturated heterocycles. The molecule has 0 bridgehead atoms. The molecule has 0 unspecified atom stereocenters. The molecule has 2 aliphatic carbocycles. The van der Waals surface area contributed by atoms with Gasteiger partial charge in [-0.05, 0) is 147 Å². The van der Waals surface area contributed by atoms with Crippen LogP contribution in [-0.4, -0.2) is 0 Å². The van der Waals surface area contributed by atoms with Crippen LogP contribution in [0.1, 0.15) is 47.2 Å². The first kappa shape index (κ1) is 32.9. The van der Waals surface area contributed by atoms with Crippen molar-refractivity contribution in [2.24, 2.45) is 0 Å². The van der Waals surface area contributed by atoms with Crippen molar-refractivity contribution in [1.82, 2.24) is 0 Å². The lowest BCUT2D eigenvalue weighted by atomic mass is 9.70. The molecular formula is C54H41N. The van der Waals surface area contributed by atoms with Crippen molar-refractivity contribution in [2.45, 2.75) is 26.2 Å². The van der Waals surface area contributed by atoms with Crippen molar-refractivity contribution in [3.8, 4) is 44.5 Å². The minimum absolute atomic E-state index is 0.427. The molecule has 0 amide bonds. The third kappa shape index (κ3) is 5.07. The standard InChI is InChI=1S/C54H41N/c1-4-36(2)40-27-30-53(37(3)31-40)55(44-33-41(38-17-7-5-8-18-38)32-42(34-44)39-19-9-6-10-20-39)43-28-29-48-47-23-13-16-26-51(47)54(52(48)35-43)49-24-14-11-21-45(49)46-22-12-15-25-50(46)54/h4-35H,1-3H3/b36-4+. The minimum Gasteiger partial charge on any atom is -0.310 e. The molecule has 0 heterocycles. The maximum atomic E-state index is 2.50. The summed E-state index contributed by atoms with van der Waals surface area (Å²) in [6, 6.07) is 69.9. The lowest BCUT2D eigenvalue weighted by Crippen LogP contribution is -2.26. The highest BCUT2D eigenvalue weighted by atomic mass is 15.1. The van der Waals surface area contributed by atoms with Crippen LogP contribution < -0.4 is 4.90 Å². The van der Waals surface area contributed by atoms with Gasteiger partial charge in [0, 0.05) is 17.1 Å². The van der Waals surface area contributed by atoms with Crippen molar-refractivity contribution < 1.29 is 0 Å². The number of rotatable bonds is 6. The van der Waals surface area contributed by atoms with Gasteiger partial charge in [0.1, 0.15) is 0 Å². The molecule has 0 N–H and O–H groups in total. The second-order valence-electron chi connectivity index (χ2n) is 14.9. The Bertz CT molecular complexity index is 2670. The van der Waals surface area contributed by atoms with Crippen molar-refractivity contribution in [2.75, 3.05) is 4.90 Å². The molecule has 8 aromatic carbocycles. The van der Waals surface area contributed by atoms with E-state index < -0.39 is 5.41 Å². The van der Waals surface area contributed by atoms with E-state index >= 15 is 0 Å². The van der Waals surface area contributed by atoms with Crippen LogP contribution >= 0.6 is 0 Å². The number of hydrogen-bond donors (Lipinski definition) is 0. The third-order valence-corrected chi connectivity index (χ3v) is 12.0.